The van der Waals surface area contributed by atoms with Gasteiger partial charge in [0.25, 0.3) is 5.69 Å². The Balaban J connectivity index is 1.83. The van der Waals surface area contributed by atoms with E-state index in [1.165, 1.54) is 30.1 Å². The molecule has 1 aliphatic rings. The number of non-ortho nitro benzene ring substituents is 1. The van der Waals surface area contributed by atoms with Crippen molar-refractivity contribution in [2.45, 2.75) is 44.9 Å². The van der Waals surface area contributed by atoms with Crippen LogP contribution >= 0.6 is 11.8 Å². The maximum Gasteiger partial charge on any atom is 0.270 e. The molecule has 3 rings (SSSR count). The number of unbranched alkanes of at least 4 members (excludes halogenated alkanes) is 1. The van der Waals surface area contributed by atoms with Crippen molar-refractivity contribution in [2.75, 3.05) is 0 Å². The van der Waals surface area contributed by atoms with Crippen LogP contribution in [0.4, 0.5) is 5.69 Å². The standard InChI is InChI=1S/C22H24N4O3S/c1-3-4-12-20-21(27)25(15-18-10-6-5-8-16(18)2)22(30-20)24-23-14-17-9-7-11-19(13-17)26(28)29/h5-11,13-14,20H,3-4,12,15H2,1-2H3/b23-14-,24-22-/t20-/m0/s1. The first-order chi connectivity index (χ1) is 14.5. The number of benzene rings is 2. The van der Waals surface area contributed by atoms with E-state index in [2.05, 4.69) is 17.1 Å². The molecular weight excluding hydrogens is 400 g/mol. The average molecular weight is 425 g/mol. The van der Waals surface area contributed by atoms with Crippen LogP contribution in [0.25, 0.3) is 0 Å². The molecule has 2 aromatic carbocycles. The van der Waals surface area contributed by atoms with Crippen molar-refractivity contribution in [2.24, 2.45) is 10.2 Å². The molecule has 0 saturated carbocycles. The molecule has 0 spiro atoms. The summed E-state index contributed by atoms with van der Waals surface area (Å²) < 4.78 is 0. The van der Waals surface area contributed by atoms with Crippen LogP contribution in [0.3, 0.4) is 0 Å². The fourth-order valence-corrected chi connectivity index (χ4v) is 4.27. The van der Waals surface area contributed by atoms with Crippen molar-refractivity contribution < 1.29 is 9.72 Å². The summed E-state index contributed by atoms with van der Waals surface area (Å²) in [5.41, 5.74) is 2.76. The van der Waals surface area contributed by atoms with Gasteiger partial charge >= 0.3 is 0 Å². The second-order valence-corrected chi connectivity index (χ2v) is 8.25. The third-order valence-corrected chi connectivity index (χ3v) is 6.10. The fourth-order valence-electron chi connectivity index (χ4n) is 3.13. The molecule has 0 bridgehead atoms. The molecule has 1 heterocycles. The zero-order valence-electron chi connectivity index (χ0n) is 17.0. The number of nitrogens with zero attached hydrogens (tertiary/aromatic N) is 4. The van der Waals surface area contributed by atoms with E-state index in [4.69, 9.17) is 0 Å². The van der Waals surface area contributed by atoms with Crippen molar-refractivity contribution in [3.8, 4) is 0 Å². The van der Waals surface area contributed by atoms with Gasteiger partial charge in [0, 0.05) is 17.7 Å². The molecule has 1 atom stereocenters. The normalized spacial score (nSPS) is 17.9. The van der Waals surface area contributed by atoms with Crippen molar-refractivity contribution in [3.05, 3.63) is 75.3 Å². The highest BCUT2D eigenvalue weighted by molar-refractivity contribution is 8.15. The number of thioether (sulfide) groups is 1. The Kier molecular flexibility index (Phi) is 7.35. The summed E-state index contributed by atoms with van der Waals surface area (Å²) in [7, 11) is 0. The van der Waals surface area contributed by atoms with Gasteiger partial charge in [-0.05, 0) is 24.5 Å². The molecule has 1 aliphatic heterocycles. The van der Waals surface area contributed by atoms with Gasteiger partial charge < -0.3 is 0 Å². The number of hydrogen-bond donors (Lipinski definition) is 0. The highest BCUT2D eigenvalue weighted by Crippen LogP contribution is 2.32. The largest absolute Gasteiger partial charge is 0.284 e. The highest BCUT2D eigenvalue weighted by atomic mass is 32.2. The molecule has 1 amide bonds. The highest BCUT2D eigenvalue weighted by Gasteiger charge is 2.37. The van der Waals surface area contributed by atoms with Crippen molar-refractivity contribution in [3.63, 3.8) is 0 Å². The molecule has 30 heavy (non-hydrogen) atoms. The van der Waals surface area contributed by atoms with Gasteiger partial charge in [-0.2, -0.15) is 5.10 Å². The molecular formula is C22H24N4O3S. The minimum Gasteiger partial charge on any atom is -0.284 e. The Morgan fingerprint density at radius 1 is 1.23 bits per heavy atom. The van der Waals surface area contributed by atoms with E-state index in [9.17, 15) is 14.9 Å². The average Bonchev–Trinajstić information content (AvgIpc) is 3.03. The van der Waals surface area contributed by atoms with Gasteiger partial charge in [0.15, 0.2) is 5.17 Å². The van der Waals surface area contributed by atoms with Gasteiger partial charge in [0.05, 0.1) is 22.9 Å². The lowest BCUT2D eigenvalue weighted by atomic mass is 10.1. The van der Waals surface area contributed by atoms with Crippen molar-refractivity contribution >= 4 is 34.7 Å². The molecule has 2 aromatic rings. The lowest BCUT2D eigenvalue weighted by Gasteiger charge is -2.17. The van der Waals surface area contributed by atoms with Crippen LogP contribution in [0.2, 0.25) is 0 Å². The zero-order valence-corrected chi connectivity index (χ0v) is 17.8. The number of amidine groups is 1. The van der Waals surface area contributed by atoms with Gasteiger partial charge in [-0.3, -0.25) is 19.8 Å². The predicted molar refractivity (Wildman–Crippen MR) is 121 cm³/mol. The summed E-state index contributed by atoms with van der Waals surface area (Å²) in [4.78, 5) is 25.2. The summed E-state index contributed by atoms with van der Waals surface area (Å²) in [5, 5.41) is 19.7. The first-order valence-electron chi connectivity index (χ1n) is 9.87. The molecule has 1 fully saturated rings. The number of carbonyl (C=O) groups excluding carboxylic acids is 1. The topological polar surface area (TPSA) is 88.2 Å². The quantitative estimate of drug-likeness (QED) is 0.341. The lowest BCUT2D eigenvalue weighted by Crippen LogP contribution is -2.31. The van der Waals surface area contributed by atoms with E-state index in [1.54, 1.807) is 17.0 Å². The second kappa shape index (κ2) is 10.2. The molecule has 0 unspecified atom stereocenters. The van der Waals surface area contributed by atoms with Crippen molar-refractivity contribution in [1.29, 1.82) is 0 Å². The summed E-state index contributed by atoms with van der Waals surface area (Å²) in [6, 6.07) is 14.2. The minimum absolute atomic E-state index is 0.00201. The fraction of sp³-hybridized carbons (Fsp3) is 0.318. The van der Waals surface area contributed by atoms with E-state index in [0.717, 1.165) is 30.4 Å². The maximum absolute atomic E-state index is 13.0. The van der Waals surface area contributed by atoms with Crippen LogP contribution in [0, 0.1) is 17.0 Å². The smallest absolute Gasteiger partial charge is 0.270 e. The van der Waals surface area contributed by atoms with Crippen LogP contribution in [0.15, 0.2) is 58.7 Å². The predicted octanol–water partition coefficient (Wildman–Crippen LogP) is 4.93. The van der Waals surface area contributed by atoms with Crippen LogP contribution in [-0.2, 0) is 11.3 Å². The van der Waals surface area contributed by atoms with Crippen molar-refractivity contribution in [1.82, 2.24) is 4.90 Å². The lowest BCUT2D eigenvalue weighted by molar-refractivity contribution is -0.384. The SMILES string of the molecule is CCCC[C@@H]1S/C(=N\N=C/c2cccc([N+](=O)[O-])c2)N(Cc2ccccc2C)C1=O. The summed E-state index contributed by atoms with van der Waals surface area (Å²) in [5.74, 6) is 0.0565. The van der Waals surface area contributed by atoms with Crippen LogP contribution < -0.4 is 0 Å². The number of hydrogen-bond acceptors (Lipinski definition) is 6. The molecule has 1 saturated heterocycles. The van der Waals surface area contributed by atoms with Gasteiger partial charge in [0.1, 0.15) is 0 Å². The number of aryl methyl sites for hydroxylation is 1. The van der Waals surface area contributed by atoms with E-state index >= 15 is 0 Å². The third kappa shape index (κ3) is 5.33. The van der Waals surface area contributed by atoms with Crippen LogP contribution in [0.5, 0.6) is 0 Å². The third-order valence-electron chi connectivity index (χ3n) is 4.86. The Bertz CT molecular complexity index is 990. The molecule has 0 aliphatic carbocycles. The molecule has 0 radical (unpaired) electrons. The van der Waals surface area contributed by atoms with E-state index < -0.39 is 4.92 Å². The summed E-state index contributed by atoms with van der Waals surface area (Å²) >= 11 is 1.44. The Labute approximate surface area is 180 Å². The molecule has 8 heteroatoms. The second-order valence-electron chi connectivity index (χ2n) is 7.08. The molecule has 7 nitrogen and oxygen atoms in total. The van der Waals surface area contributed by atoms with E-state index in [1.807, 2.05) is 31.2 Å². The number of amides is 1. The van der Waals surface area contributed by atoms with E-state index in [-0.39, 0.29) is 16.8 Å². The Morgan fingerprint density at radius 2 is 2.03 bits per heavy atom. The van der Waals surface area contributed by atoms with Gasteiger partial charge in [-0.25, -0.2) is 0 Å². The summed E-state index contributed by atoms with van der Waals surface area (Å²) in [6.45, 7) is 4.58. The number of rotatable bonds is 8. The van der Waals surface area contributed by atoms with Gasteiger partial charge in [0.2, 0.25) is 5.91 Å². The zero-order chi connectivity index (χ0) is 21.5. The Hall–Kier alpha value is -3.00. The maximum atomic E-state index is 13.0. The molecule has 156 valence electrons. The number of carbonyl (C=O) groups is 1. The number of nitro benzene ring substituents is 1. The first-order valence-corrected chi connectivity index (χ1v) is 10.8. The van der Waals surface area contributed by atoms with Gasteiger partial charge in [-0.15, -0.1) is 5.10 Å². The Morgan fingerprint density at radius 3 is 2.77 bits per heavy atom. The number of nitro groups is 1. The van der Waals surface area contributed by atoms with Gasteiger partial charge in [-0.1, -0.05) is 67.9 Å². The van der Waals surface area contributed by atoms with Crippen LogP contribution in [-0.4, -0.2) is 32.4 Å². The molecule has 0 aromatic heterocycles. The van der Waals surface area contributed by atoms with Crippen LogP contribution in [0.1, 0.15) is 42.9 Å². The molecule has 0 N–H and O–H groups in total. The first kappa shape index (κ1) is 21.7. The summed E-state index contributed by atoms with van der Waals surface area (Å²) in [6.07, 6.45) is 4.28. The monoisotopic (exact) mass is 424 g/mol. The minimum atomic E-state index is -0.447. The van der Waals surface area contributed by atoms with E-state index in [0.29, 0.717) is 17.3 Å².